The van der Waals surface area contributed by atoms with Crippen LogP contribution in [0.25, 0.3) is 11.1 Å². The lowest BCUT2D eigenvalue weighted by molar-refractivity contribution is -0.0510. The second-order valence-electron chi connectivity index (χ2n) is 5.17. The number of hydrogen-bond donors (Lipinski definition) is 1. The van der Waals surface area contributed by atoms with Crippen molar-refractivity contribution >= 4 is 48.6 Å². The summed E-state index contributed by atoms with van der Waals surface area (Å²) in [5, 5.41) is 1.04. The summed E-state index contributed by atoms with van der Waals surface area (Å²) in [6, 6.07) is 16.7. The Kier molecular flexibility index (Phi) is 10.1. The first-order valence-electron chi connectivity index (χ1n) is 7.63. The summed E-state index contributed by atoms with van der Waals surface area (Å²) in [6.45, 7) is 0.786. The van der Waals surface area contributed by atoms with Gasteiger partial charge >= 0.3 is 15.6 Å². The second-order valence-corrected chi connectivity index (χ2v) is 8.54. The van der Waals surface area contributed by atoms with E-state index in [1.165, 1.54) is 14.7 Å². The van der Waals surface area contributed by atoms with Crippen LogP contribution >= 0.6 is 38.5 Å². The highest BCUT2D eigenvalue weighted by atomic mass is 127. The lowest BCUT2D eigenvalue weighted by Gasteiger charge is -2.08. The molecule has 0 aliphatic heterocycles. The predicted octanol–water partition coefficient (Wildman–Crippen LogP) is 5.91. The van der Waals surface area contributed by atoms with Gasteiger partial charge in [-0.3, -0.25) is 4.55 Å². The van der Waals surface area contributed by atoms with Crippen molar-refractivity contribution in [1.29, 1.82) is 0 Å². The van der Waals surface area contributed by atoms with Gasteiger partial charge in [0.15, 0.2) is 0 Å². The average molecular weight is 581 g/mol. The summed E-state index contributed by atoms with van der Waals surface area (Å²) >= 11 is 5.79. The largest absolute Gasteiger partial charge is 0.522 e. The second kappa shape index (κ2) is 11.2. The normalized spacial score (nSPS) is 11.5. The van der Waals surface area contributed by atoms with Crippen molar-refractivity contribution in [1.82, 2.24) is 0 Å². The molecule has 0 aliphatic rings. The van der Waals surface area contributed by atoms with Gasteiger partial charge < -0.3 is 4.74 Å². The van der Waals surface area contributed by atoms with Gasteiger partial charge in [0.1, 0.15) is 5.75 Å². The Bertz CT molecular complexity index is 812. The fourth-order valence-electron chi connectivity index (χ4n) is 1.81. The first-order valence-corrected chi connectivity index (χ1v) is 11.3. The monoisotopic (exact) mass is 580 g/mol. The van der Waals surface area contributed by atoms with Crippen LogP contribution in [0.15, 0.2) is 48.5 Å². The SMILES string of the molecule is BrCCCCOc1ccc(-c2ccccc2I)cc1.O=S(=O)(O)C(F)(F)F. The van der Waals surface area contributed by atoms with Gasteiger partial charge in [-0.25, -0.2) is 0 Å². The van der Waals surface area contributed by atoms with E-state index in [2.05, 4.69) is 74.9 Å². The van der Waals surface area contributed by atoms with E-state index in [1.807, 2.05) is 12.1 Å². The molecule has 150 valence electrons. The number of alkyl halides is 4. The molecule has 0 aliphatic carbocycles. The Morgan fingerprint density at radius 1 is 1.04 bits per heavy atom. The highest BCUT2D eigenvalue weighted by molar-refractivity contribution is 14.1. The van der Waals surface area contributed by atoms with E-state index < -0.39 is 15.6 Å². The van der Waals surface area contributed by atoms with Crippen molar-refractivity contribution in [2.75, 3.05) is 11.9 Å². The summed E-state index contributed by atoms with van der Waals surface area (Å²) in [6.07, 6.45) is 2.24. The van der Waals surface area contributed by atoms with Gasteiger partial charge in [0.2, 0.25) is 0 Å². The van der Waals surface area contributed by atoms with E-state index in [9.17, 15) is 13.2 Å². The Morgan fingerprint density at radius 3 is 2.07 bits per heavy atom. The van der Waals surface area contributed by atoms with Crippen LogP contribution in [0.1, 0.15) is 12.8 Å². The van der Waals surface area contributed by atoms with Gasteiger partial charge in [-0.05, 0) is 64.8 Å². The molecule has 2 aromatic carbocycles. The molecule has 1 N–H and O–H groups in total. The van der Waals surface area contributed by atoms with Crippen molar-refractivity contribution in [3.8, 4) is 16.9 Å². The molecule has 0 saturated carbocycles. The summed E-state index contributed by atoms with van der Waals surface area (Å²) in [7, 11) is -5.84. The molecule has 0 spiro atoms. The molecule has 4 nitrogen and oxygen atoms in total. The molecule has 0 unspecified atom stereocenters. The number of benzene rings is 2. The standard InChI is InChI=1S/C16H16BrIO.CHF3O3S/c17-11-3-4-12-19-14-9-7-13(8-10-14)15-5-1-2-6-16(15)18;2-1(3,4)8(5,6)7/h1-2,5-10H,3-4,11-12H2;(H,5,6,7). The molecule has 0 aromatic heterocycles. The maximum atomic E-state index is 10.7. The molecule has 0 fully saturated rings. The summed E-state index contributed by atoms with van der Waals surface area (Å²) in [5.41, 5.74) is -3.03. The molecule has 2 rings (SSSR count). The fourth-order valence-corrected chi connectivity index (χ4v) is 2.91. The lowest BCUT2D eigenvalue weighted by Crippen LogP contribution is -2.21. The number of ether oxygens (including phenoxy) is 1. The average Bonchev–Trinajstić information content (AvgIpc) is 2.59. The quantitative estimate of drug-likeness (QED) is 0.152. The van der Waals surface area contributed by atoms with E-state index in [4.69, 9.17) is 17.7 Å². The van der Waals surface area contributed by atoms with Crippen LogP contribution in [0.3, 0.4) is 0 Å². The Balaban J connectivity index is 0.000000387. The van der Waals surface area contributed by atoms with E-state index in [0.29, 0.717) is 0 Å². The van der Waals surface area contributed by atoms with Gasteiger partial charge in [0.05, 0.1) is 6.61 Å². The van der Waals surface area contributed by atoms with E-state index in [1.54, 1.807) is 0 Å². The third-order valence-electron chi connectivity index (χ3n) is 3.13. The Labute approximate surface area is 178 Å². The highest BCUT2D eigenvalue weighted by Crippen LogP contribution is 2.26. The molecule has 0 amide bonds. The predicted molar refractivity (Wildman–Crippen MR) is 111 cm³/mol. The van der Waals surface area contributed by atoms with Crippen LogP contribution in [-0.4, -0.2) is 30.4 Å². The van der Waals surface area contributed by atoms with Crippen LogP contribution < -0.4 is 4.74 Å². The van der Waals surface area contributed by atoms with E-state index in [0.717, 1.165) is 30.5 Å². The first kappa shape index (κ1) is 24.2. The molecule has 10 heteroatoms. The van der Waals surface area contributed by atoms with Crippen molar-refractivity contribution in [2.24, 2.45) is 0 Å². The molecule has 27 heavy (non-hydrogen) atoms. The number of hydrogen-bond acceptors (Lipinski definition) is 3. The van der Waals surface area contributed by atoms with Crippen LogP contribution in [-0.2, 0) is 10.1 Å². The molecule has 0 radical (unpaired) electrons. The van der Waals surface area contributed by atoms with Gasteiger partial charge in [0.25, 0.3) is 0 Å². The lowest BCUT2D eigenvalue weighted by atomic mass is 10.1. The van der Waals surface area contributed by atoms with Crippen LogP contribution in [0.2, 0.25) is 0 Å². The fraction of sp³-hybridized carbons (Fsp3) is 0.294. The van der Waals surface area contributed by atoms with Crippen molar-refractivity contribution in [3.05, 3.63) is 52.1 Å². The third-order valence-corrected chi connectivity index (χ3v) is 5.21. The van der Waals surface area contributed by atoms with E-state index >= 15 is 0 Å². The van der Waals surface area contributed by atoms with Crippen molar-refractivity contribution in [2.45, 2.75) is 18.3 Å². The van der Waals surface area contributed by atoms with Crippen LogP contribution in [0, 0.1) is 3.57 Å². The van der Waals surface area contributed by atoms with Gasteiger partial charge in [-0.15, -0.1) is 0 Å². The van der Waals surface area contributed by atoms with Gasteiger partial charge in [0, 0.05) is 8.90 Å². The van der Waals surface area contributed by atoms with Gasteiger partial charge in [-0.1, -0.05) is 46.3 Å². The maximum Gasteiger partial charge on any atom is 0.522 e. The minimum absolute atomic E-state index is 0.786. The van der Waals surface area contributed by atoms with Crippen LogP contribution in [0.5, 0.6) is 5.75 Å². The smallest absolute Gasteiger partial charge is 0.494 e. The molecule has 0 atom stereocenters. The molecule has 0 saturated heterocycles. The zero-order valence-corrected chi connectivity index (χ0v) is 18.5. The minimum atomic E-state index is -5.84. The number of halogens is 5. The molecule has 2 aromatic rings. The Morgan fingerprint density at radius 2 is 1.59 bits per heavy atom. The number of rotatable bonds is 6. The molecular formula is C17H17BrF3IO4S. The van der Waals surface area contributed by atoms with Gasteiger partial charge in [-0.2, -0.15) is 21.6 Å². The topological polar surface area (TPSA) is 63.6 Å². The van der Waals surface area contributed by atoms with Crippen LogP contribution in [0.4, 0.5) is 13.2 Å². The summed E-state index contributed by atoms with van der Waals surface area (Å²) in [5.74, 6) is 0.948. The number of unbranched alkanes of at least 4 members (excludes halogenated alkanes) is 1. The van der Waals surface area contributed by atoms with Crippen molar-refractivity contribution < 1.29 is 30.9 Å². The molecule has 0 bridgehead atoms. The highest BCUT2D eigenvalue weighted by Gasteiger charge is 2.44. The first-order chi connectivity index (χ1) is 12.6. The van der Waals surface area contributed by atoms with E-state index in [-0.39, 0.29) is 0 Å². The maximum absolute atomic E-state index is 10.7. The zero-order chi connectivity index (χ0) is 20.5. The molecular weight excluding hydrogens is 564 g/mol. The minimum Gasteiger partial charge on any atom is -0.494 e. The summed E-state index contributed by atoms with van der Waals surface area (Å²) < 4.78 is 64.5. The molecule has 0 heterocycles. The van der Waals surface area contributed by atoms with Crippen molar-refractivity contribution in [3.63, 3.8) is 0 Å². The summed E-state index contributed by atoms with van der Waals surface area (Å²) in [4.78, 5) is 0. The third kappa shape index (κ3) is 8.79. The Hall–Kier alpha value is -0.850. The zero-order valence-electron chi connectivity index (χ0n) is 13.9.